The Morgan fingerprint density at radius 3 is 2.37 bits per heavy atom. The molecule has 27 heavy (non-hydrogen) atoms. The fourth-order valence-electron chi connectivity index (χ4n) is 2.72. The average Bonchev–Trinajstić information content (AvgIpc) is 2.58. The second-order valence-electron chi connectivity index (χ2n) is 6.24. The SMILES string of the molecule is CC(=O)Nc1cccc(Nc2cc(Nc3c(C)cc(C)cc3Cl)ncn2)c1. The number of carbonyl (C=O) groups is 1. The molecule has 6 nitrogen and oxygen atoms in total. The summed E-state index contributed by atoms with van der Waals surface area (Å²) < 4.78 is 0. The number of carbonyl (C=O) groups excluding carboxylic acids is 1. The van der Waals surface area contributed by atoms with Crippen LogP contribution in [0.3, 0.4) is 0 Å². The van der Waals surface area contributed by atoms with E-state index in [2.05, 4.69) is 32.0 Å². The number of nitrogens with one attached hydrogen (secondary N) is 3. The maximum atomic E-state index is 11.2. The molecule has 138 valence electrons. The predicted octanol–water partition coefficient (Wildman–Crippen LogP) is 5.19. The minimum atomic E-state index is -0.119. The lowest BCUT2D eigenvalue weighted by Crippen LogP contribution is -2.06. The summed E-state index contributed by atoms with van der Waals surface area (Å²) in [6.07, 6.45) is 1.47. The van der Waals surface area contributed by atoms with E-state index in [-0.39, 0.29) is 5.91 Å². The zero-order valence-electron chi connectivity index (χ0n) is 15.3. The largest absolute Gasteiger partial charge is 0.340 e. The minimum Gasteiger partial charge on any atom is -0.340 e. The first-order chi connectivity index (χ1) is 12.9. The van der Waals surface area contributed by atoms with Crippen molar-refractivity contribution in [1.29, 1.82) is 0 Å². The van der Waals surface area contributed by atoms with Gasteiger partial charge in [-0.1, -0.05) is 23.7 Å². The number of hydrogen-bond acceptors (Lipinski definition) is 5. The number of amides is 1. The molecule has 0 bridgehead atoms. The number of aryl methyl sites for hydroxylation is 2. The molecule has 1 heterocycles. The third-order valence-corrected chi connectivity index (χ3v) is 4.11. The molecule has 3 N–H and O–H groups in total. The van der Waals surface area contributed by atoms with Crippen LogP contribution >= 0.6 is 11.6 Å². The van der Waals surface area contributed by atoms with Crippen LogP contribution < -0.4 is 16.0 Å². The maximum Gasteiger partial charge on any atom is 0.221 e. The first-order valence-corrected chi connectivity index (χ1v) is 8.79. The second kappa shape index (κ2) is 8.05. The Bertz CT molecular complexity index is 967. The number of nitrogens with zero attached hydrogens (tertiary/aromatic N) is 2. The van der Waals surface area contributed by atoms with E-state index in [0.29, 0.717) is 22.3 Å². The van der Waals surface area contributed by atoms with Crippen molar-refractivity contribution in [1.82, 2.24) is 9.97 Å². The monoisotopic (exact) mass is 381 g/mol. The summed E-state index contributed by atoms with van der Waals surface area (Å²) in [5, 5.41) is 9.85. The molecule has 2 aromatic carbocycles. The van der Waals surface area contributed by atoms with Gasteiger partial charge in [0.15, 0.2) is 0 Å². The molecule has 0 unspecified atom stereocenters. The highest BCUT2D eigenvalue weighted by molar-refractivity contribution is 6.33. The van der Waals surface area contributed by atoms with E-state index < -0.39 is 0 Å². The van der Waals surface area contributed by atoms with E-state index in [0.717, 1.165) is 22.5 Å². The Morgan fingerprint density at radius 1 is 0.963 bits per heavy atom. The highest BCUT2D eigenvalue weighted by Gasteiger charge is 2.08. The lowest BCUT2D eigenvalue weighted by atomic mass is 10.1. The molecule has 1 amide bonds. The summed E-state index contributed by atoms with van der Waals surface area (Å²) in [7, 11) is 0. The van der Waals surface area contributed by atoms with Crippen molar-refractivity contribution >= 4 is 46.2 Å². The fourth-order valence-corrected chi connectivity index (χ4v) is 3.09. The lowest BCUT2D eigenvalue weighted by Gasteiger charge is -2.13. The van der Waals surface area contributed by atoms with Crippen LogP contribution in [-0.2, 0) is 4.79 Å². The van der Waals surface area contributed by atoms with Gasteiger partial charge in [0.05, 0.1) is 10.7 Å². The molecule has 0 fully saturated rings. The zero-order valence-corrected chi connectivity index (χ0v) is 16.1. The average molecular weight is 382 g/mol. The van der Waals surface area contributed by atoms with Crippen LogP contribution in [-0.4, -0.2) is 15.9 Å². The fraction of sp³-hybridized carbons (Fsp3) is 0.150. The van der Waals surface area contributed by atoms with Crippen molar-refractivity contribution in [2.24, 2.45) is 0 Å². The summed E-state index contributed by atoms with van der Waals surface area (Å²) in [5.41, 5.74) is 4.47. The molecule has 0 aliphatic heterocycles. The summed E-state index contributed by atoms with van der Waals surface area (Å²) in [6, 6.07) is 13.2. The minimum absolute atomic E-state index is 0.119. The third kappa shape index (κ3) is 4.95. The highest BCUT2D eigenvalue weighted by Crippen LogP contribution is 2.30. The molecule has 7 heteroatoms. The Kier molecular flexibility index (Phi) is 5.57. The van der Waals surface area contributed by atoms with Crippen molar-refractivity contribution in [2.75, 3.05) is 16.0 Å². The number of aromatic nitrogens is 2. The van der Waals surface area contributed by atoms with Gasteiger partial charge in [-0.05, 0) is 49.2 Å². The first kappa shape index (κ1) is 18.7. The van der Waals surface area contributed by atoms with Gasteiger partial charge in [-0.25, -0.2) is 9.97 Å². The molecule has 0 aliphatic carbocycles. The Hall–Kier alpha value is -3.12. The lowest BCUT2D eigenvalue weighted by molar-refractivity contribution is -0.114. The third-order valence-electron chi connectivity index (χ3n) is 3.81. The quantitative estimate of drug-likeness (QED) is 0.566. The molecule has 1 aromatic heterocycles. The van der Waals surface area contributed by atoms with Crippen molar-refractivity contribution in [2.45, 2.75) is 20.8 Å². The van der Waals surface area contributed by atoms with Crippen LogP contribution in [0, 0.1) is 13.8 Å². The van der Waals surface area contributed by atoms with E-state index in [1.165, 1.54) is 13.3 Å². The number of hydrogen-bond donors (Lipinski definition) is 3. The van der Waals surface area contributed by atoms with Crippen molar-refractivity contribution in [3.63, 3.8) is 0 Å². The molecule has 0 spiro atoms. The standard InChI is InChI=1S/C20H20ClN5O/c1-12-7-13(2)20(17(21)8-12)26-19-10-18(22-11-23-19)25-16-6-4-5-15(9-16)24-14(3)27/h4-11H,1-3H3,(H,24,27)(H2,22,23,25,26). The molecule has 3 aromatic rings. The number of halogens is 1. The molecule has 0 saturated carbocycles. The second-order valence-corrected chi connectivity index (χ2v) is 6.65. The Balaban J connectivity index is 1.79. The van der Waals surface area contributed by atoms with E-state index >= 15 is 0 Å². The number of rotatable bonds is 5. The molecule has 0 aliphatic rings. The van der Waals surface area contributed by atoms with Gasteiger partial charge < -0.3 is 16.0 Å². The normalized spacial score (nSPS) is 10.4. The van der Waals surface area contributed by atoms with Gasteiger partial charge in [0.25, 0.3) is 0 Å². The predicted molar refractivity (Wildman–Crippen MR) is 110 cm³/mol. The summed E-state index contributed by atoms with van der Waals surface area (Å²) >= 11 is 6.36. The van der Waals surface area contributed by atoms with Gasteiger partial charge in [-0.3, -0.25) is 4.79 Å². The van der Waals surface area contributed by atoms with Crippen molar-refractivity contribution in [3.8, 4) is 0 Å². The highest BCUT2D eigenvalue weighted by atomic mass is 35.5. The molecule has 0 radical (unpaired) electrons. The summed E-state index contributed by atoms with van der Waals surface area (Å²) in [4.78, 5) is 19.7. The van der Waals surface area contributed by atoms with Crippen LogP contribution in [0.25, 0.3) is 0 Å². The molecular formula is C20H20ClN5O. The molecular weight excluding hydrogens is 362 g/mol. The molecule has 0 atom stereocenters. The Morgan fingerprint density at radius 2 is 1.67 bits per heavy atom. The van der Waals surface area contributed by atoms with Gasteiger partial charge in [-0.2, -0.15) is 0 Å². The van der Waals surface area contributed by atoms with Gasteiger partial charge in [0.1, 0.15) is 18.0 Å². The zero-order chi connectivity index (χ0) is 19.4. The topological polar surface area (TPSA) is 78.9 Å². The summed E-state index contributed by atoms with van der Waals surface area (Å²) in [5.74, 6) is 1.12. The van der Waals surface area contributed by atoms with E-state index in [9.17, 15) is 4.79 Å². The first-order valence-electron chi connectivity index (χ1n) is 8.41. The van der Waals surface area contributed by atoms with Crippen LogP contribution in [0.15, 0.2) is 48.8 Å². The Labute approximate surface area is 163 Å². The van der Waals surface area contributed by atoms with E-state index in [4.69, 9.17) is 11.6 Å². The van der Waals surface area contributed by atoms with Crippen LogP contribution in [0.4, 0.5) is 28.7 Å². The number of anilines is 5. The smallest absolute Gasteiger partial charge is 0.221 e. The van der Waals surface area contributed by atoms with Gasteiger partial charge in [0, 0.05) is 24.4 Å². The van der Waals surface area contributed by atoms with E-state index in [1.807, 2.05) is 44.2 Å². The van der Waals surface area contributed by atoms with Gasteiger partial charge in [0.2, 0.25) is 5.91 Å². The van der Waals surface area contributed by atoms with Crippen LogP contribution in [0.2, 0.25) is 5.02 Å². The van der Waals surface area contributed by atoms with Crippen molar-refractivity contribution in [3.05, 3.63) is 64.9 Å². The number of benzene rings is 2. The molecule has 3 rings (SSSR count). The van der Waals surface area contributed by atoms with Gasteiger partial charge in [-0.15, -0.1) is 0 Å². The maximum absolute atomic E-state index is 11.2. The molecule has 0 saturated heterocycles. The van der Waals surface area contributed by atoms with Crippen molar-refractivity contribution < 1.29 is 4.79 Å². The van der Waals surface area contributed by atoms with Crippen LogP contribution in [0.5, 0.6) is 0 Å². The summed E-state index contributed by atoms with van der Waals surface area (Å²) in [6.45, 7) is 5.47. The van der Waals surface area contributed by atoms with E-state index in [1.54, 1.807) is 6.07 Å². The van der Waals surface area contributed by atoms with Crippen LogP contribution in [0.1, 0.15) is 18.1 Å². The van der Waals surface area contributed by atoms with Gasteiger partial charge >= 0.3 is 0 Å².